The number of hydrogen-bond acceptors (Lipinski definition) is 4. The molecule has 0 saturated carbocycles. The van der Waals surface area contributed by atoms with Crippen LogP contribution in [0.15, 0.2) is 29.6 Å². The van der Waals surface area contributed by atoms with Gasteiger partial charge in [-0.25, -0.2) is 4.98 Å². The molecule has 0 aliphatic carbocycles. The highest BCUT2D eigenvalue weighted by Gasteiger charge is 2.22. The minimum atomic E-state index is 0. The number of piperidine rings is 1. The first-order chi connectivity index (χ1) is 11.7. The molecule has 3 rings (SSSR count). The van der Waals surface area contributed by atoms with E-state index in [0.717, 1.165) is 42.1 Å². The van der Waals surface area contributed by atoms with Crippen LogP contribution in [-0.4, -0.2) is 29.5 Å². The number of aromatic nitrogens is 1. The van der Waals surface area contributed by atoms with Gasteiger partial charge in [-0.05, 0) is 38.3 Å². The van der Waals surface area contributed by atoms with Crippen molar-refractivity contribution in [2.45, 2.75) is 51.6 Å². The second kappa shape index (κ2) is 9.32. The van der Waals surface area contributed by atoms with Gasteiger partial charge in [0, 0.05) is 23.0 Å². The van der Waals surface area contributed by atoms with Crippen molar-refractivity contribution >= 4 is 29.7 Å². The van der Waals surface area contributed by atoms with Gasteiger partial charge in [0.15, 0.2) is 0 Å². The molecule has 2 atom stereocenters. The fourth-order valence-electron chi connectivity index (χ4n) is 3.07. The molecule has 1 aliphatic rings. The predicted octanol–water partition coefficient (Wildman–Crippen LogP) is 3.59. The predicted molar refractivity (Wildman–Crippen MR) is 107 cm³/mol. The first-order valence-corrected chi connectivity index (χ1v) is 9.60. The molecule has 1 amide bonds. The number of benzene rings is 1. The monoisotopic (exact) mass is 379 g/mol. The van der Waals surface area contributed by atoms with Gasteiger partial charge < -0.3 is 10.6 Å². The van der Waals surface area contributed by atoms with E-state index in [1.807, 2.05) is 5.38 Å². The summed E-state index contributed by atoms with van der Waals surface area (Å²) in [5.41, 5.74) is 3.29. The van der Waals surface area contributed by atoms with E-state index in [2.05, 4.69) is 53.7 Å². The summed E-state index contributed by atoms with van der Waals surface area (Å²) >= 11 is 1.60. The van der Waals surface area contributed by atoms with Gasteiger partial charge in [0.25, 0.3) is 0 Å². The Hall–Kier alpha value is -1.43. The lowest BCUT2D eigenvalue weighted by Crippen LogP contribution is -2.52. The average molecular weight is 380 g/mol. The summed E-state index contributed by atoms with van der Waals surface area (Å²) in [6.07, 6.45) is 3.56. The van der Waals surface area contributed by atoms with Crippen LogP contribution >= 0.6 is 23.7 Å². The summed E-state index contributed by atoms with van der Waals surface area (Å²) in [6, 6.07) is 9.06. The van der Waals surface area contributed by atoms with Crippen LogP contribution in [0.1, 0.15) is 37.9 Å². The molecule has 2 heterocycles. The molecule has 2 aromatic rings. The standard InChI is InChI=1S/C19H25N3OS.ClH/c1-3-14-6-8-15(9-7-14)19-21-16(12-24-19)11-18(23)22-17-5-4-10-20-13(17)2;/h6-9,12-13,17,20H,3-5,10-11H2,1-2H3,(H,22,23);1H. The summed E-state index contributed by atoms with van der Waals surface area (Å²) in [7, 11) is 0. The quantitative estimate of drug-likeness (QED) is 0.834. The zero-order valence-electron chi connectivity index (χ0n) is 14.7. The largest absolute Gasteiger partial charge is 0.351 e. The first-order valence-electron chi connectivity index (χ1n) is 8.72. The molecule has 25 heavy (non-hydrogen) atoms. The van der Waals surface area contributed by atoms with Crippen molar-refractivity contribution in [2.75, 3.05) is 6.54 Å². The fourth-order valence-corrected chi connectivity index (χ4v) is 3.89. The number of nitrogens with one attached hydrogen (secondary N) is 2. The Morgan fingerprint density at radius 2 is 2.12 bits per heavy atom. The number of carbonyl (C=O) groups excluding carboxylic acids is 1. The Balaban J connectivity index is 0.00000225. The third-order valence-corrected chi connectivity index (χ3v) is 5.55. The summed E-state index contributed by atoms with van der Waals surface area (Å²) in [5, 5.41) is 9.52. The lowest BCUT2D eigenvalue weighted by molar-refractivity contribution is -0.121. The van der Waals surface area contributed by atoms with E-state index in [0.29, 0.717) is 12.5 Å². The van der Waals surface area contributed by atoms with Crippen molar-refractivity contribution in [3.05, 3.63) is 40.9 Å². The van der Waals surface area contributed by atoms with Crippen LogP contribution in [0.5, 0.6) is 0 Å². The minimum absolute atomic E-state index is 0. The average Bonchev–Trinajstić information content (AvgIpc) is 3.05. The number of amides is 1. The van der Waals surface area contributed by atoms with Crippen LogP contribution in [0, 0.1) is 0 Å². The molecule has 4 nitrogen and oxygen atoms in total. The number of carbonyl (C=O) groups is 1. The Kier molecular flexibility index (Phi) is 7.41. The Labute approximate surface area is 159 Å². The van der Waals surface area contributed by atoms with Gasteiger partial charge in [-0.3, -0.25) is 4.79 Å². The topological polar surface area (TPSA) is 54.0 Å². The van der Waals surface area contributed by atoms with Crippen molar-refractivity contribution in [1.82, 2.24) is 15.6 Å². The lowest BCUT2D eigenvalue weighted by atomic mass is 10.00. The second-order valence-corrected chi connectivity index (χ2v) is 7.29. The van der Waals surface area contributed by atoms with Crippen LogP contribution in [0.4, 0.5) is 0 Å². The lowest BCUT2D eigenvalue weighted by Gasteiger charge is -2.30. The number of thiazole rings is 1. The molecule has 1 aromatic carbocycles. The van der Waals surface area contributed by atoms with Crippen molar-refractivity contribution < 1.29 is 4.79 Å². The molecular formula is C19H26ClN3OS. The molecular weight excluding hydrogens is 354 g/mol. The van der Waals surface area contributed by atoms with Gasteiger partial charge in [-0.2, -0.15) is 0 Å². The zero-order valence-corrected chi connectivity index (χ0v) is 16.4. The van der Waals surface area contributed by atoms with Gasteiger partial charge in [0.2, 0.25) is 5.91 Å². The maximum Gasteiger partial charge on any atom is 0.226 e. The maximum absolute atomic E-state index is 12.3. The number of rotatable bonds is 5. The minimum Gasteiger partial charge on any atom is -0.351 e. The number of aryl methyl sites for hydroxylation is 1. The van der Waals surface area contributed by atoms with Crippen molar-refractivity contribution in [3.8, 4) is 10.6 Å². The van der Waals surface area contributed by atoms with E-state index in [9.17, 15) is 4.79 Å². The van der Waals surface area contributed by atoms with Gasteiger partial charge in [-0.15, -0.1) is 23.7 Å². The van der Waals surface area contributed by atoms with Crippen LogP contribution in [0.25, 0.3) is 10.6 Å². The fraction of sp³-hybridized carbons (Fsp3) is 0.474. The highest BCUT2D eigenvalue weighted by Crippen LogP contribution is 2.24. The van der Waals surface area contributed by atoms with E-state index in [-0.39, 0.29) is 24.4 Å². The molecule has 1 aromatic heterocycles. The van der Waals surface area contributed by atoms with Crippen molar-refractivity contribution in [2.24, 2.45) is 0 Å². The van der Waals surface area contributed by atoms with Crippen molar-refractivity contribution in [1.29, 1.82) is 0 Å². The summed E-state index contributed by atoms with van der Waals surface area (Å²) in [4.78, 5) is 16.9. The van der Waals surface area contributed by atoms with E-state index in [1.165, 1.54) is 5.56 Å². The molecule has 136 valence electrons. The molecule has 1 fully saturated rings. The summed E-state index contributed by atoms with van der Waals surface area (Å²) < 4.78 is 0. The Morgan fingerprint density at radius 1 is 1.36 bits per heavy atom. The van der Waals surface area contributed by atoms with Gasteiger partial charge >= 0.3 is 0 Å². The molecule has 0 spiro atoms. The van der Waals surface area contributed by atoms with Crippen LogP contribution in [0.3, 0.4) is 0 Å². The van der Waals surface area contributed by atoms with Gasteiger partial charge in [0.05, 0.1) is 12.1 Å². The number of hydrogen-bond donors (Lipinski definition) is 2. The molecule has 0 bridgehead atoms. The maximum atomic E-state index is 12.3. The van der Waals surface area contributed by atoms with Gasteiger partial charge in [0.1, 0.15) is 5.01 Å². The molecule has 2 unspecified atom stereocenters. The number of halogens is 1. The molecule has 1 aliphatic heterocycles. The highest BCUT2D eigenvalue weighted by molar-refractivity contribution is 7.13. The Bertz CT molecular complexity index is 686. The number of nitrogens with zero attached hydrogens (tertiary/aromatic N) is 1. The van der Waals surface area contributed by atoms with E-state index in [4.69, 9.17) is 0 Å². The van der Waals surface area contributed by atoms with E-state index in [1.54, 1.807) is 11.3 Å². The van der Waals surface area contributed by atoms with Crippen LogP contribution < -0.4 is 10.6 Å². The van der Waals surface area contributed by atoms with Crippen LogP contribution in [0.2, 0.25) is 0 Å². The molecule has 6 heteroatoms. The molecule has 2 N–H and O–H groups in total. The highest BCUT2D eigenvalue weighted by atomic mass is 35.5. The molecule has 1 saturated heterocycles. The Morgan fingerprint density at radius 3 is 2.80 bits per heavy atom. The third kappa shape index (κ3) is 5.27. The van der Waals surface area contributed by atoms with Gasteiger partial charge in [-0.1, -0.05) is 31.2 Å². The third-order valence-electron chi connectivity index (χ3n) is 4.61. The second-order valence-electron chi connectivity index (χ2n) is 6.43. The van der Waals surface area contributed by atoms with Crippen molar-refractivity contribution in [3.63, 3.8) is 0 Å². The first kappa shape index (κ1) is 19.9. The van der Waals surface area contributed by atoms with E-state index < -0.39 is 0 Å². The smallest absolute Gasteiger partial charge is 0.226 e. The summed E-state index contributed by atoms with van der Waals surface area (Å²) in [6.45, 7) is 5.32. The zero-order chi connectivity index (χ0) is 16.9. The van der Waals surface area contributed by atoms with E-state index >= 15 is 0 Å². The van der Waals surface area contributed by atoms with Crippen LogP contribution in [-0.2, 0) is 17.6 Å². The molecule has 0 radical (unpaired) electrons. The normalized spacial score (nSPS) is 19.9. The SMILES string of the molecule is CCc1ccc(-c2nc(CC(=O)NC3CCCNC3C)cs2)cc1.Cl. The summed E-state index contributed by atoms with van der Waals surface area (Å²) in [5.74, 6) is 0.0636.